The van der Waals surface area contributed by atoms with Crippen LogP contribution in [0.25, 0.3) is 0 Å². The van der Waals surface area contributed by atoms with Crippen LogP contribution in [0.4, 0.5) is 0 Å². The second-order valence-electron chi connectivity index (χ2n) is 4.92. The minimum absolute atomic E-state index is 0.350. The average molecular weight is 250 g/mol. The molecule has 5 nitrogen and oxygen atoms in total. The monoisotopic (exact) mass is 250 g/mol. The van der Waals surface area contributed by atoms with E-state index >= 15 is 0 Å². The standard InChI is InChI=1S/C13H18N2O3/c16-9-11-12-13(18-8-4-7-17-12)15(14-11)10-5-2-1-3-6-10/h9-10H,1-8H2. The zero-order valence-electron chi connectivity index (χ0n) is 10.4. The van der Waals surface area contributed by atoms with Gasteiger partial charge < -0.3 is 9.47 Å². The van der Waals surface area contributed by atoms with E-state index in [4.69, 9.17) is 9.47 Å². The average Bonchev–Trinajstić information content (AvgIpc) is 2.61. The van der Waals surface area contributed by atoms with E-state index in [0.717, 1.165) is 25.5 Å². The van der Waals surface area contributed by atoms with Crippen LogP contribution in [0.1, 0.15) is 55.1 Å². The fraction of sp³-hybridized carbons (Fsp3) is 0.692. The summed E-state index contributed by atoms with van der Waals surface area (Å²) in [6, 6.07) is 0.350. The first kappa shape index (κ1) is 11.6. The third-order valence-corrected chi connectivity index (χ3v) is 3.66. The molecule has 0 saturated heterocycles. The molecule has 0 aromatic carbocycles. The van der Waals surface area contributed by atoms with Crippen molar-refractivity contribution in [3.63, 3.8) is 0 Å². The van der Waals surface area contributed by atoms with Crippen molar-refractivity contribution in [1.29, 1.82) is 0 Å². The molecule has 3 rings (SSSR count). The summed E-state index contributed by atoms with van der Waals surface area (Å²) in [6.07, 6.45) is 7.54. The topological polar surface area (TPSA) is 53.4 Å². The molecule has 0 amide bonds. The third kappa shape index (κ3) is 1.98. The summed E-state index contributed by atoms with van der Waals surface area (Å²) in [4.78, 5) is 11.1. The van der Waals surface area contributed by atoms with Gasteiger partial charge in [0.2, 0.25) is 5.75 Å². The van der Waals surface area contributed by atoms with E-state index in [9.17, 15) is 4.79 Å². The van der Waals surface area contributed by atoms with Crippen LogP contribution in [0.2, 0.25) is 0 Å². The van der Waals surface area contributed by atoms with Gasteiger partial charge in [-0.25, -0.2) is 4.68 Å². The lowest BCUT2D eigenvalue weighted by molar-refractivity contribution is 0.111. The number of hydrogen-bond acceptors (Lipinski definition) is 4. The molecule has 5 heteroatoms. The summed E-state index contributed by atoms with van der Waals surface area (Å²) < 4.78 is 13.2. The minimum Gasteiger partial charge on any atom is -0.486 e. The van der Waals surface area contributed by atoms with Gasteiger partial charge in [0.05, 0.1) is 19.3 Å². The molecule has 0 N–H and O–H groups in total. The summed E-state index contributed by atoms with van der Waals surface area (Å²) >= 11 is 0. The van der Waals surface area contributed by atoms with E-state index in [0.29, 0.717) is 36.6 Å². The Labute approximate surface area is 106 Å². The first-order chi connectivity index (χ1) is 8.90. The van der Waals surface area contributed by atoms with Crippen molar-refractivity contribution in [2.24, 2.45) is 0 Å². The van der Waals surface area contributed by atoms with Crippen molar-refractivity contribution in [2.75, 3.05) is 13.2 Å². The van der Waals surface area contributed by atoms with E-state index in [2.05, 4.69) is 5.10 Å². The van der Waals surface area contributed by atoms with Gasteiger partial charge in [0.25, 0.3) is 5.88 Å². The number of aromatic nitrogens is 2. The van der Waals surface area contributed by atoms with Gasteiger partial charge in [-0.05, 0) is 12.8 Å². The van der Waals surface area contributed by atoms with Crippen molar-refractivity contribution in [3.05, 3.63) is 5.69 Å². The van der Waals surface area contributed by atoms with Gasteiger partial charge in [0.15, 0.2) is 12.0 Å². The second-order valence-corrected chi connectivity index (χ2v) is 4.92. The van der Waals surface area contributed by atoms with Crippen LogP contribution in [0.15, 0.2) is 0 Å². The van der Waals surface area contributed by atoms with Crippen LogP contribution in [0.5, 0.6) is 11.6 Å². The van der Waals surface area contributed by atoms with Gasteiger partial charge in [0, 0.05) is 6.42 Å². The highest BCUT2D eigenvalue weighted by molar-refractivity contribution is 5.78. The molecule has 1 aliphatic heterocycles. The lowest BCUT2D eigenvalue weighted by Crippen LogP contribution is -2.16. The molecule has 18 heavy (non-hydrogen) atoms. The first-order valence-electron chi connectivity index (χ1n) is 6.73. The van der Waals surface area contributed by atoms with Crippen LogP contribution in [-0.4, -0.2) is 29.3 Å². The maximum atomic E-state index is 11.1. The Morgan fingerprint density at radius 3 is 2.67 bits per heavy atom. The maximum Gasteiger partial charge on any atom is 0.256 e. The summed E-state index contributed by atoms with van der Waals surface area (Å²) in [5, 5.41) is 4.37. The number of aldehydes is 1. The summed E-state index contributed by atoms with van der Waals surface area (Å²) in [5.74, 6) is 1.19. The van der Waals surface area contributed by atoms with Crippen molar-refractivity contribution in [2.45, 2.75) is 44.6 Å². The molecule has 98 valence electrons. The second kappa shape index (κ2) is 5.00. The van der Waals surface area contributed by atoms with Gasteiger partial charge in [-0.3, -0.25) is 4.79 Å². The number of ether oxygens (including phenoxy) is 2. The van der Waals surface area contributed by atoms with Crippen LogP contribution in [0.3, 0.4) is 0 Å². The van der Waals surface area contributed by atoms with Crippen LogP contribution < -0.4 is 9.47 Å². The lowest BCUT2D eigenvalue weighted by Gasteiger charge is -2.23. The normalized spacial score (nSPS) is 20.4. The molecule has 1 fully saturated rings. The Balaban J connectivity index is 1.97. The molecule has 2 heterocycles. The van der Waals surface area contributed by atoms with E-state index < -0.39 is 0 Å². The summed E-state index contributed by atoms with van der Waals surface area (Å²) in [6.45, 7) is 1.22. The maximum absolute atomic E-state index is 11.1. The van der Waals surface area contributed by atoms with Crippen molar-refractivity contribution in [3.8, 4) is 11.6 Å². The molecular formula is C13H18N2O3. The molecule has 0 spiro atoms. The van der Waals surface area contributed by atoms with Crippen LogP contribution in [0, 0.1) is 0 Å². The van der Waals surface area contributed by atoms with Gasteiger partial charge in [-0.2, -0.15) is 5.10 Å². The Kier molecular flexibility index (Phi) is 3.21. The number of carbonyl (C=O) groups is 1. The number of carbonyl (C=O) groups excluding carboxylic acids is 1. The fourth-order valence-corrected chi connectivity index (χ4v) is 2.74. The van der Waals surface area contributed by atoms with Gasteiger partial charge in [-0.15, -0.1) is 0 Å². The number of rotatable bonds is 2. The Morgan fingerprint density at radius 1 is 1.11 bits per heavy atom. The predicted octanol–water partition coefficient (Wildman–Crippen LogP) is 2.36. The van der Waals surface area contributed by atoms with Crippen molar-refractivity contribution < 1.29 is 14.3 Å². The quantitative estimate of drug-likeness (QED) is 0.756. The SMILES string of the molecule is O=Cc1nn(C2CCCCC2)c2c1OCCCO2. The highest BCUT2D eigenvalue weighted by Gasteiger charge is 2.27. The van der Waals surface area contributed by atoms with E-state index in [1.165, 1.54) is 19.3 Å². The van der Waals surface area contributed by atoms with Crippen molar-refractivity contribution in [1.82, 2.24) is 9.78 Å². The third-order valence-electron chi connectivity index (χ3n) is 3.66. The molecule has 0 atom stereocenters. The molecule has 0 radical (unpaired) electrons. The minimum atomic E-state index is 0.350. The highest BCUT2D eigenvalue weighted by Crippen LogP contribution is 2.38. The smallest absolute Gasteiger partial charge is 0.256 e. The van der Waals surface area contributed by atoms with Crippen LogP contribution in [-0.2, 0) is 0 Å². The highest BCUT2D eigenvalue weighted by atomic mass is 16.5. The van der Waals surface area contributed by atoms with Gasteiger partial charge in [0.1, 0.15) is 0 Å². The molecule has 0 bridgehead atoms. The summed E-state index contributed by atoms with van der Waals surface area (Å²) in [5.41, 5.74) is 0.373. The Hall–Kier alpha value is -1.52. The Morgan fingerprint density at radius 2 is 1.89 bits per heavy atom. The Bertz CT molecular complexity index is 436. The molecule has 1 aliphatic carbocycles. The summed E-state index contributed by atoms with van der Waals surface area (Å²) in [7, 11) is 0. The zero-order valence-corrected chi connectivity index (χ0v) is 10.4. The molecule has 1 aromatic rings. The van der Waals surface area contributed by atoms with E-state index in [1.54, 1.807) is 0 Å². The van der Waals surface area contributed by atoms with Gasteiger partial charge in [-0.1, -0.05) is 19.3 Å². The number of fused-ring (bicyclic) bond motifs is 1. The number of hydrogen-bond donors (Lipinski definition) is 0. The fourth-order valence-electron chi connectivity index (χ4n) is 2.74. The number of nitrogens with zero attached hydrogens (tertiary/aromatic N) is 2. The predicted molar refractivity (Wildman–Crippen MR) is 65.3 cm³/mol. The molecule has 0 unspecified atom stereocenters. The molecule has 1 saturated carbocycles. The van der Waals surface area contributed by atoms with Crippen molar-refractivity contribution >= 4 is 6.29 Å². The van der Waals surface area contributed by atoms with Crippen LogP contribution >= 0.6 is 0 Å². The van der Waals surface area contributed by atoms with E-state index in [-0.39, 0.29) is 0 Å². The molecule has 1 aromatic heterocycles. The van der Waals surface area contributed by atoms with Gasteiger partial charge >= 0.3 is 0 Å². The molecule has 2 aliphatic rings. The molecular weight excluding hydrogens is 232 g/mol. The first-order valence-corrected chi connectivity index (χ1v) is 6.73. The van der Waals surface area contributed by atoms with E-state index in [1.807, 2.05) is 4.68 Å². The zero-order chi connectivity index (χ0) is 12.4. The lowest BCUT2D eigenvalue weighted by atomic mass is 9.96. The largest absolute Gasteiger partial charge is 0.486 e.